The van der Waals surface area contributed by atoms with Gasteiger partial charge in [-0.2, -0.15) is 0 Å². The molecule has 1 heterocycles. The van der Waals surface area contributed by atoms with Crippen molar-refractivity contribution in [1.82, 2.24) is 10.1 Å². The van der Waals surface area contributed by atoms with E-state index in [-0.39, 0.29) is 6.03 Å². The van der Waals surface area contributed by atoms with Crippen molar-refractivity contribution in [2.75, 3.05) is 18.4 Å². The molecule has 90 valence electrons. The van der Waals surface area contributed by atoms with Crippen molar-refractivity contribution in [3.05, 3.63) is 12.3 Å². The lowest BCUT2D eigenvalue weighted by molar-refractivity contribution is 0.210. The van der Waals surface area contributed by atoms with Crippen LogP contribution in [0, 0.1) is 0 Å². The number of urea groups is 1. The lowest BCUT2D eigenvalue weighted by atomic mass is 10.3. The molecule has 0 atom stereocenters. The minimum absolute atomic E-state index is 0.118. The number of unbranched alkanes of at least 4 members (excludes halogenated alkanes) is 1. The summed E-state index contributed by atoms with van der Waals surface area (Å²) in [6.07, 6.45) is 4.55. The van der Waals surface area contributed by atoms with Gasteiger partial charge in [0.1, 0.15) is 0 Å². The second-order valence-corrected chi connectivity index (χ2v) is 3.65. The Morgan fingerprint density at radius 2 is 2.25 bits per heavy atom. The Kier molecular flexibility index (Phi) is 5.39. The highest BCUT2D eigenvalue weighted by atomic mass is 16.5. The van der Waals surface area contributed by atoms with Crippen molar-refractivity contribution >= 4 is 11.9 Å². The number of rotatable bonds is 6. The lowest BCUT2D eigenvalue weighted by Gasteiger charge is -2.21. The molecular weight excluding hydrogens is 206 g/mol. The molecule has 1 aromatic rings. The fraction of sp³-hybridized carbons (Fsp3) is 0.636. The van der Waals surface area contributed by atoms with Crippen LogP contribution in [0.25, 0.3) is 0 Å². The van der Waals surface area contributed by atoms with E-state index in [9.17, 15) is 4.79 Å². The van der Waals surface area contributed by atoms with Gasteiger partial charge in [0.25, 0.3) is 0 Å². The van der Waals surface area contributed by atoms with Gasteiger partial charge in [-0.15, -0.1) is 0 Å². The van der Waals surface area contributed by atoms with Crippen molar-refractivity contribution in [2.24, 2.45) is 0 Å². The van der Waals surface area contributed by atoms with E-state index < -0.39 is 0 Å². The number of carbonyl (C=O) groups is 1. The van der Waals surface area contributed by atoms with E-state index in [0.29, 0.717) is 5.88 Å². The SMILES string of the molecule is CCCCN(CCC)C(=O)Nc1ccno1. The third-order valence-corrected chi connectivity index (χ3v) is 2.23. The molecule has 0 bridgehead atoms. The Balaban J connectivity index is 2.46. The van der Waals surface area contributed by atoms with Crippen LogP contribution in [0.1, 0.15) is 33.1 Å². The molecule has 0 aliphatic heterocycles. The topological polar surface area (TPSA) is 58.4 Å². The summed E-state index contributed by atoms with van der Waals surface area (Å²) in [7, 11) is 0. The standard InChI is InChI=1S/C11H19N3O2/c1-3-5-9-14(8-4-2)11(15)13-10-6-7-12-16-10/h6-7H,3-5,8-9H2,1-2H3,(H,13,15). The number of nitrogens with zero attached hydrogens (tertiary/aromatic N) is 2. The molecule has 0 saturated heterocycles. The molecule has 1 N–H and O–H groups in total. The summed E-state index contributed by atoms with van der Waals surface area (Å²) < 4.78 is 4.83. The second-order valence-electron chi connectivity index (χ2n) is 3.65. The van der Waals surface area contributed by atoms with E-state index in [1.54, 1.807) is 11.0 Å². The van der Waals surface area contributed by atoms with E-state index in [4.69, 9.17) is 4.52 Å². The highest BCUT2D eigenvalue weighted by Gasteiger charge is 2.13. The molecule has 0 aliphatic rings. The average molecular weight is 225 g/mol. The third kappa shape index (κ3) is 3.92. The van der Waals surface area contributed by atoms with E-state index >= 15 is 0 Å². The molecule has 16 heavy (non-hydrogen) atoms. The molecule has 5 heteroatoms. The molecule has 0 aliphatic carbocycles. The molecule has 0 fully saturated rings. The molecule has 1 aromatic heterocycles. The van der Waals surface area contributed by atoms with Crippen molar-refractivity contribution in [3.8, 4) is 0 Å². The zero-order chi connectivity index (χ0) is 11.8. The maximum atomic E-state index is 11.8. The van der Waals surface area contributed by atoms with Crippen LogP contribution in [-0.2, 0) is 0 Å². The molecule has 0 spiro atoms. The van der Waals surface area contributed by atoms with E-state index in [1.165, 1.54) is 6.20 Å². The minimum atomic E-state index is -0.118. The zero-order valence-corrected chi connectivity index (χ0v) is 9.90. The van der Waals surface area contributed by atoms with Gasteiger partial charge < -0.3 is 9.42 Å². The van der Waals surface area contributed by atoms with Crippen LogP contribution < -0.4 is 5.32 Å². The number of aromatic nitrogens is 1. The third-order valence-electron chi connectivity index (χ3n) is 2.23. The summed E-state index contributed by atoms with van der Waals surface area (Å²) in [6.45, 7) is 5.71. The van der Waals surface area contributed by atoms with Crippen LogP contribution in [0.2, 0.25) is 0 Å². The molecule has 0 saturated carbocycles. The Morgan fingerprint density at radius 1 is 1.44 bits per heavy atom. The fourth-order valence-corrected chi connectivity index (χ4v) is 1.40. The number of hydrogen-bond acceptors (Lipinski definition) is 3. The van der Waals surface area contributed by atoms with Gasteiger partial charge in [0.2, 0.25) is 5.88 Å². The van der Waals surface area contributed by atoms with E-state index in [2.05, 4.69) is 24.3 Å². The van der Waals surface area contributed by atoms with Gasteiger partial charge >= 0.3 is 6.03 Å². The van der Waals surface area contributed by atoms with Crippen molar-refractivity contribution in [1.29, 1.82) is 0 Å². The molecule has 0 radical (unpaired) electrons. The predicted octanol–water partition coefficient (Wildman–Crippen LogP) is 2.72. The average Bonchev–Trinajstić information content (AvgIpc) is 2.76. The van der Waals surface area contributed by atoms with Gasteiger partial charge in [-0.25, -0.2) is 4.79 Å². The summed E-state index contributed by atoms with van der Waals surface area (Å²) in [6, 6.07) is 1.51. The normalized spacial score (nSPS) is 10.1. The number of carbonyl (C=O) groups excluding carboxylic acids is 1. The number of anilines is 1. The molecule has 1 rings (SSSR count). The highest BCUT2D eigenvalue weighted by molar-refractivity contribution is 5.87. The largest absolute Gasteiger partial charge is 0.338 e. The maximum Gasteiger partial charge on any atom is 0.324 e. The van der Waals surface area contributed by atoms with Gasteiger partial charge in [0, 0.05) is 19.2 Å². The molecular formula is C11H19N3O2. The van der Waals surface area contributed by atoms with Crippen LogP contribution in [0.15, 0.2) is 16.8 Å². The molecule has 2 amide bonds. The number of hydrogen-bond donors (Lipinski definition) is 1. The first-order valence-electron chi connectivity index (χ1n) is 5.74. The van der Waals surface area contributed by atoms with Gasteiger partial charge in [-0.3, -0.25) is 5.32 Å². The van der Waals surface area contributed by atoms with Crippen molar-refractivity contribution in [3.63, 3.8) is 0 Å². The summed E-state index contributed by atoms with van der Waals surface area (Å²) in [4.78, 5) is 13.6. The Labute approximate surface area is 95.8 Å². The zero-order valence-electron chi connectivity index (χ0n) is 9.90. The minimum Gasteiger partial charge on any atom is -0.338 e. The molecule has 0 unspecified atom stereocenters. The van der Waals surface area contributed by atoms with Gasteiger partial charge in [-0.1, -0.05) is 25.4 Å². The predicted molar refractivity (Wildman–Crippen MR) is 62.3 cm³/mol. The smallest absolute Gasteiger partial charge is 0.324 e. The molecule has 0 aromatic carbocycles. The van der Waals surface area contributed by atoms with Crippen LogP contribution >= 0.6 is 0 Å². The summed E-state index contributed by atoms with van der Waals surface area (Å²) in [5, 5.41) is 6.21. The Bertz CT molecular complexity index is 298. The van der Waals surface area contributed by atoms with Crippen LogP contribution in [0.3, 0.4) is 0 Å². The molecule has 5 nitrogen and oxygen atoms in total. The quantitative estimate of drug-likeness (QED) is 0.809. The van der Waals surface area contributed by atoms with Crippen LogP contribution in [0.5, 0.6) is 0 Å². The van der Waals surface area contributed by atoms with Crippen LogP contribution in [0.4, 0.5) is 10.7 Å². The van der Waals surface area contributed by atoms with Gasteiger partial charge in [-0.05, 0) is 12.8 Å². The fourth-order valence-electron chi connectivity index (χ4n) is 1.40. The van der Waals surface area contributed by atoms with Crippen LogP contribution in [-0.4, -0.2) is 29.2 Å². The Hall–Kier alpha value is -1.52. The summed E-state index contributed by atoms with van der Waals surface area (Å²) in [5.41, 5.74) is 0. The number of nitrogens with one attached hydrogen (secondary N) is 1. The van der Waals surface area contributed by atoms with E-state index in [1.807, 2.05) is 0 Å². The lowest BCUT2D eigenvalue weighted by Crippen LogP contribution is -2.36. The maximum absolute atomic E-state index is 11.8. The number of amides is 2. The van der Waals surface area contributed by atoms with Crippen molar-refractivity contribution in [2.45, 2.75) is 33.1 Å². The van der Waals surface area contributed by atoms with Gasteiger partial charge in [0.05, 0.1) is 6.20 Å². The summed E-state index contributed by atoms with van der Waals surface area (Å²) >= 11 is 0. The van der Waals surface area contributed by atoms with Gasteiger partial charge in [0.15, 0.2) is 0 Å². The monoisotopic (exact) mass is 225 g/mol. The second kappa shape index (κ2) is 6.87. The first-order valence-corrected chi connectivity index (χ1v) is 5.74. The summed E-state index contributed by atoms with van der Waals surface area (Å²) in [5.74, 6) is 0.391. The van der Waals surface area contributed by atoms with Crippen molar-refractivity contribution < 1.29 is 9.32 Å². The Morgan fingerprint density at radius 3 is 2.81 bits per heavy atom. The first kappa shape index (κ1) is 12.5. The first-order chi connectivity index (χ1) is 7.77. The highest BCUT2D eigenvalue weighted by Crippen LogP contribution is 2.06. The van der Waals surface area contributed by atoms with E-state index in [0.717, 1.165) is 32.4 Å².